The molecule has 348 valence electrons. The van der Waals surface area contributed by atoms with Crippen LogP contribution in [0.3, 0.4) is 0 Å². The van der Waals surface area contributed by atoms with Gasteiger partial charge in [0.05, 0.1) is 11.4 Å². The molecule has 7 aromatic carbocycles. The first kappa shape index (κ1) is 48.9. The van der Waals surface area contributed by atoms with E-state index >= 15 is 0 Å². The van der Waals surface area contributed by atoms with E-state index in [4.69, 9.17) is 0 Å². The van der Waals surface area contributed by atoms with Crippen LogP contribution in [0.15, 0.2) is 133 Å². The molecule has 67 heavy (non-hydrogen) atoms. The molecule has 0 N–H and O–H groups in total. The van der Waals surface area contributed by atoms with Crippen LogP contribution in [0.1, 0.15) is 133 Å². The lowest BCUT2D eigenvalue weighted by Crippen LogP contribution is -2.20. The van der Waals surface area contributed by atoms with Crippen molar-refractivity contribution in [1.82, 2.24) is 0 Å². The molecule has 7 aromatic rings. The third kappa shape index (κ3) is 11.6. The van der Waals surface area contributed by atoms with Gasteiger partial charge in [-0.3, -0.25) is 0 Å². The van der Waals surface area contributed by atoms with Crippen LogP contribution in [0.2, 0.25) is 0 Å². The average molecular weight is 888 g/mol. The van der Waals surface area contributed by atoms with Crippen LogP contribution in [0.4, 0.5) is 45.5 Å². The SMILES string of the molecule is CCCCc1cc(C)c(N(Cc2ccc(N(c3ccc(C)cc3)c3c(C)cc(CCCC)cc3C)cc2)c2ccc(N(c3ccc(CC)cc3)c3c(C)cc(CCCC)cc3C)cc2)c(C)c1. The number of hydrogen-bond acceptors (Lipinski definition) is 3. The van der Waals surface area contributed by atoms with Crippen LogP contribution >= 0.6 is 0 Å². The molecule has 0 bridgehead atoms. The van der Waals surface area contributed by atoms with Crippen molar-refractivity contribution in [2.24, 2.45) is 0 Å². The molecular weight excluding hydrogens is 811 g/mol. The van der Waals surface area contributed by atoms with Crippen LogP contribution < -0.4 is 14.7 Å². The molecule has 0 fully saturated rings. The first-order chi connectivity index (χ1) is 32.4. The molecule has 3 heteroatoms. The van der Waals surface area contributed by atoms with Gasteiger partial charge in [0, 0.05) is 40.7 Å². The van der Waals surface area contributed by atoms with E-state index in [1.165, 1.54) is 145 Å². The summed E-state index contributed by atoms with van der Waals surface area (Å²) in [5.74, 6) is 0. The third-order valence-electron chi connectivity index (χ3n) is 13.7. The maximum absolute atomic E-state index is 2.55. The zero-order valence-corrected chi connectivity index (χ0v) is 42.8. The van der Waals surface area contributed by atoms with Crippen molar-refractivity contribution in [3.8, 4) is 0 Å². The number of unbranched alkanes of at least 4 members (excludes halogenated alkanes) is 3. The van der Waals surface area contributed by atoms with Gasteiger partial charge in [-0.05, 0) is 215 Å². The van der Waals surface area contributed by atoms with Crippen molar-refractivity contribution in [3.63, 3.8) is 0 Å². The van der Waals surface area contributed by atoms with Gasteiger partial charge in [0.1, 0.15) is 0 Å². The van der Waals surface area contributed by atoms with Crippen LogP contribution in [-0.2, 0) is 32.2 Å². The number of rotatable bonds is 20. The normalized spacial score (nSPS) is 11.3. The predicted octanol–water partition coefficient (Wildman–Crippen LogP) is 18.7. The van der Waals surface area contributed by atoms with Gasteiger partial charge in [-0.15, -0.1) is 0 Å². The summed E-state index contributed by atoms with van der Waals surface area (Å²) in [6.45, 7) is 25.7. The number of nitrogens with zero attached hydrogens (tertiary/aromatic N) is 3. The molecule has 0 saturated carbocycles. The summed E-state index contributed by atoms with van der Waals surface area (Å²) < 4.78 is 0. The fourth-order valence-electron chi connectivity index (χ4n) is 10.2. The zero-order chi connectivity index (χ0) is 47.6. The molecule has 0 heterocycles. The molecule has 0 aliphatic rings. The minimum Gasteiger partial charge on any atom is -0.337 e. The Hall–Kier alpha value is -6.06. The van der Waals surface area contributed by atoms with E-state index in [0.29, 0.717) is 0 Å². The van der Waals surface area contributed by atoms with Crippen molar-refractivity contribution >= 4 is 45.5 Å². The van der Waals surface area contributed by atoms with Crippen molar-refractivity contribution < 1.29 is 0 Å². The first-order valence-corrected chi connectivity index (χ1v) is 25.5. The van der Waals surface area contributed by atoms with Crippen LogP contribution in [0, 0.1) is 48.5 Å². The Morgan fingerprint density at radius 1 is 0.313 bits per heavy atom. The average Bonchev–Trinajstić information content (AvgIpc) is 3.32. The van der Waals surface area contributed by atoms with E-state index in [1.54, 1.807) is 0 Å². The molecule has 7 rings (SSSR count). The Balaban J connectivity index is 1.29. The predicted molar refractivity (Wildman–Crippen MR) is 293 cm³/mol. The number of hydrogen-bond donors (Lipinski definition) is 0. The maximum Gasteiger partial charge on any atom is 0.0520 e. The van der Waals surface area contributed by atoms with E-state index in [2.05, 4.69) is 224 Å². The molecule has 0 amide bonds. The Morgan fingerprint density at radius 3 is 0.955 bits per heavy atom. The highest BCUT2D eigenvalue weighted by molar-refractivity contribution is 5.83. The molecule has 3 nitrogen and oxygen atoms in total. The smallest absolute Gasteiger partial charge is 0.0520 e. The van der Waals surface area contributed by atoms with E-state index < -0.39 is 0 Å². The minimum atomic E-state index is 0.740. The quantitative estimate of drug-likeness (QED) is 0.0755. The van der Waals surface area contributed by atoms with E-state index in [0.717, 1.165) is 37.9 Å². The van der Waals surface area contributed by atoms with Crippen LogP contribution in [0.5, 0.6) is 0 Å². The van der Waals surface area contributed by atoms with Gasteiger partial charge in [0.15, 0.2) is 0 Å². The van der Waals surface area contributed by atoms with E-state index in [1.807, 2.05) is 0 Å². The lowest BCUT2D eigenvalue weighted by atomic mass is 9.98. The van der Waals surface area contributed by atoms with Gasteiger partial charge in [-0.2, -0.15) is 0 Å². The van der Waals surface area contributed by atoms with Crippen molar-refractivity contribution in [2.45, 2.75) is 147 Å². The van der Waals surface area contributed by atoms with Gasteiger partial charge >= 0.3 is 0 Å². The molecule has 0 saturated heterocycles. The minimum absolute atomic E-state index is 0.740. The largest absolute Gasteiger partial charge is 0.337 e. The lowest BCUT2D eigenvalue weighted by molar-refractivity contribution is 0.793. The van der Waals surface area contributed by atoms with Crippen molar-refractivity contribution in [2.75, 3.05) is 14.7 Å². The molecule has 0 radical (unpaired) electrons. The monoisotopic (exact) mass is 888 g/mol. The van der Waals surface area contributed by atoms with Crippen LogP contribution in [-0.4, -0.2) is 0 Å². The number of anilines is 8. The topological polar surface area (TPSA) is 9.72 Å². The summed E-state index contributed by atoms with van der Waals surface area (Å²) in [6.07, 6.45) is 11.6. The summed E-state index contributed by atoms with van der Waals surface area (Å²) in [4.78, 5) is 7.48. The lowest BCUT2D eigenvalue weighted by Gasteiger charge is -2.32. The fourth-order valence-corrected chi connectivity index (χ4v) is 10.2. The Kier molecular flexibility index (Phi) is 16.5. The third-order valence-corrected chi connectivity index (χ3v) is 13.7. The fraction of sp³-hybridized carbons (Fsp3) is 0.344. The van der Waals surface area contributed by atoms with Gasteiger partial charge in [0.2, 0.25) is 0 Å². The molecule has 0 aliphatic heterocycles. The first-order valence-electron chi connectivity index (χ1n) is 25.5. The Morgan fingerprint density at radius 2 is 0.612 bits per heavy atom. The highest BCUT2D eigenvalue weighted by Crippen LogP contribution is 2.43. The van der Waals surface area contributed by atoms with Gasteiger partial charge in [0.25, 0.3) is 0 Å². The van der Waals surface area contributed by atoms with E-state index in [9.17, 15) is 0 Å². The maximum atomic E-state index is 2.55. The van der Waals surface area contributed by atoms with Crippen LogP contribution in [0.25, 0.3) is 0 Å². The summed E-state index contributed by atoms with van der Waals surface area (Å²) in [7, 11) is 0. The van der Waals surface area contributed by atoms with Crippen molar-refractivity contribution in [1.29, 1.82) is 0 Å². The molecule has 0 atom stereocenters. The molecule has 0 unspecified atom stereocenters. The second-order valence-electron chi connectivity index (χ2n) is 19.3. The summed E-state index contributed by atoms with van der Waals surface area (Å²) >= 11 is 0. The molecular formula is C64H77N3. The van der Waals surface area contributed by atoms with Gasteiger partial charge in [-0.25, -0.2) is 0 Å². The Labute approximate surface area is 405 Å². The zero-order valence-electron chi connectivity index (χ0n) is 42.8. The number of benzene rings is 7. The molecule has 0 spiro atoms. The highest BCUT2D eigenvalue weighted by atomic mass is 15.2. The molecule has 0 aliphatic carbocycles. The summed E-state index contributed by atoms with van der Waals surface area (Å²) in [5, 5.41) is 0. The van der Waals surface area contributed by atoms with E-state index in [-0.39, 0.29) is 0 Å². The summed E-state index contributed by atoms with van der Waals surface area (Å²) in [6, 6.07) is 51.3. The number of aryl methyl sites for hydroxylation is 11. The Bertz CT molecular complexity index is 2640. The highest BCUT2D eigenvalue weighted by Gasteiger charge is 2.22. The van der Waals surface area contributed by atoms with Crippen molar-refractivity contribution in [3.05, 3.63) is 200 Å². The second kappa shape index (κ2) is 22.6. The van der Waals surface area contributed by atoms with Gasteiger partial charge < -0.3 is 14.7 Å². The standard InChI is InChI=1S/C64H77N3/c1-12-16-19-54-38-46(6)62(47(7)39-54)65(44-53-26-32-60(33-27-53)66(58-28-22-45(5)23-29-58)63-48(8)40-55(20-17-13-2)41-49(63)9)57-34-36-61(37-35-57)67(59-30-24-52(15-4)25-31-59)64-50(10)42-56(21-18-14-3)43-51(64)11/h22-43H,12-21,44H2,1-11H3. The summed E-state index contributed by atoms with van der Waals surface area (Å²) in [5.41, 5.74) is 25.7. The second-order valence-corrected chi connectivity index (χ2v) is 19.3. The molecule has 0 aromatic heterocycles. The van der Waals surface area contributed by atoms with Gasteiger partial charge in [-0.1, -0.05) is 125 Å².